The Hall–Kier alpha value is -1.98. The SMILES string of the molecule is CNCCCOc1ccccc1C1Sc2ccccc2N1C(C)=O. The second-order valence-electron chi connectivity index (χ2n) is 5.67. The van der Waals surface area contributed by atoms with Gasteiger partial charge in [-0.1, -0.05) is 42.1 Å². The van der Waals surface area contributed by atoms with E-state index in [-0.39, 0.29) is 11.3 Å². The van der Waals surface area contributed by atoms with E-state index in [9.17, 15) is 4.79 Å². The summed E-state index contributed by atoms with van der Waals surface area (Å²) in [6.07, 6.45) is 0.944. The highest BCUT2D eigenvalue weighted by atomic mass is 32.2. The predicted molar refractivity (Wildman–Crippen MR) is 98.7 cm³/mol. The standard InChI is InChI=1S/C19H22N2O2S/c1-14(22)21-16-9-4-6-11-18(16)24-19(21)15-8-3-5-10-17(15)23-13-7-12-20-2/h3-6,8-11,19-20H,7,12-13H2,1-2H3. The average Bonchev–Trinajstić information content (AvgIpc) is 2.98. The van der Waals surface area contributed by atoms with Crippen molar-refractivity contribution in [3.63, 3.8) is 0 Å². The number of anilines is 1. The van der Waals surface area contributed by atoms with Crippen LogP contribution in [0.1, 0.15) is 24.3 Å². The van der Waals surface area contributed by atoms with Gasteiger partial charge in [0.1, 0.15) is 11.1 Å². The van der Waals surface area contributed by atoms with Crippen LogP contribution in [-0.4, -0.2) is 26.1 Å². The van der Waals surface area contributed by atoms with Crippen LogP contribution in [0, 0.1) is 0 Å². The monoisotopic (exact) mass is 342 g/mol. The van der Waals surface area contributed by atoms with Gasteiger partial charge in [0.25, 0.3) is 0 Å². The van der Waals surface area contributed by atoms with E-state index in [1.807, 2.05) is 54.4 Å². The Bertz CT molecular complexity index is 720. The summed E-state index contributed by atoms with van der Waals surface area (Å²) in [6, 6.07) is 16.0. The summed E-state index contributed by atoms with van der Waals surface area (Å²) < 4.78 is 5.99. The van der Waals surface area contributed by atoms with Crippen molar-refractivity contribution < 1.29 is 9.53 Å². The molecule has 0 spiro atoms. The van der Waals surface area contributed by atoms with Crippen LogP contribution in [0.4, 0.5) is 5.69 Å². The highest BCUT2D eigenvalue weighted by Gasteiger charge is 2.35. The van der Waals surface area contributed by atoms with Crippen molar-refractivity contribution >= 4 is 23.4 Å². The molecule has 2 aromatic rings. The number of fused-ring (bicyclic) bond motifs is 1. The molecule has 1 aliphatic heterocycles. The van der Waals surface area contributed by atoms with Gasteiger partial charge in [-0.2, -0.15) is 0 Å². The summed E-state index contributed by atoms with van der Waals surface area (Å²) in [5.41, 5.74) is 2.02. The molecule has 1 heterocycles. The van der Waals surface area contributed by atoms with E-state index in [2.05, 4.69) is 11.4 Å². The smallest absolute Gasteiger partial charge is 0.225 e. The van der Waals surface area contributed by atoms with Gasteiger partial charge in [-0.3, -0.25) is 9.69 Å². The van der Waals surface area contributed by atoms with Gasteiger partial charge in [-0.25, -0.2) is 0 Å². The van der Waals surface area contributed by atoms with E-state index in [1.54, 1.807) is 18.7 Å². The number of nitrogens with zero attached hydrogens (tertiary/aromatic N) is 1. The first kappa shape index (κ1) is 16.9. The van der Waals surface area contributed by atoms with Crippen LogP contribution in [0.25, 0.3) is 0 Å². The molecule has 1 N–H and O–H groups in total. The topological polar surface area (TPSA) is 41.6 Å². The number of rotatable bonds is 6. The summed E-state index contributed by atoms with van der Waals surface area (Å²) in [7, 11) is 1.94. The first-order valence-corrected chi connectivity index (χ1v) is 9.02. The minimum Gasteiger partial charge on any atom is -0.493 e. The highest BCUT2D eigenvalue weighted by molar-refractivity contribution is 8.00. The first-order chi connectivity index (χ1) is 11.7. The molecule has 1 aliphatic rings. The minimum absolute atomic E-state index is 0.0439. The number of hydrogen-bond donors (Lipinski definition) is 1. The third-order valence-electron chi connectivity index (χ3n) is 3.95. The molecule has 1 atom stereocenters. The molecule has 126 valence electrons. The Balaban J connectivity index is 1.87. The zero-order valence-electron chi connectivity index (χ0n) is 14.0. The number of hydrogen-bond acceptors (Lipinski definition) is 4. The van der Waals surface area contributed by atoms with Gasteiger partial charge < -0.3 is 10.1 Å². The molecule has 2 aromatic carbocycles. The average molecular weight is 342 g/mol. The molecule has 4 nitrogen and oxygen atoms in total. The molecule has 0 saturated carbocycles. The molecule has 0 radical (unpaired) electrons. The van der Waals surface area contributed by atoms with Gasteiger partial charge in [0, 0.05) is 17.4 Å². The van der Waals surface area contributed by atoms with Gasteiger partial charge in [0.05, 0.1) is 12.3 Å². The van der Waals surface area contributed by atoms with E-state index in [0.29, 0.717) is 6.61 Å². The molecule has 5 heteroatoms. The Labute approximate surface area is 147 Å². The van der Waals surface area contributed by atoms with Gasteiger partial charge in [-0.05, 0) is 38.2 Å². The number of carbonyl (C=O) groups is 1. The highest BCUT2D eigenvalue weighted by Crippen LogP contribution is 2.52. The lowest BCUT2D eigenvalue weighted by Gasteiger charge is -2.25. The van der Waals surface area contributed by atoms with Crippen LogP contribution in [-0.2, 0) is 4.79 Å². The van der Waals surface area contributed by atoms with Crippen LogP contribution in [0.15, 0.2) is 53.4 Å². The lowest BCUT2D eigenvalue weighted by Crippen LogP contribution is -2.28. The van der Waals surface area contributed by atoms with Gasteiger partial charge >= 0.3 is 0 Å². The zero-order valence-corrected chi connectivity index (χ0v) is 14.8. The van der Waals surface area contributed by atoms with Crippen molar-refractivity contribution in [2.75, 3.05) is 25.1 Å². The van der Waals surface area contributed by atoms with Gasteiger partial charge in [-0.15, -0.1) is 0 Å². The summed E-state index contributed by atoms with van der Waals surface area (Å²) in [4.78, 5) is 15.3. The molecule has 3 rings (SSSR count). The van der Waals surface area contributed by atoms with Crippen molar-refractivity contribution in [3.05, 3.63) is 54.1 Å². The number of benzene rings is 2. The largest absolute Gasteiger partial charge is 0.493 e. The molecular formula is C19H22N2O2S. The molecule has 0 aliphatic carbocycles. The van der Waals surface area contributed by atoms with Crippen molar-refractivity contribution in [2.24, 2.45) is 0 Å². The van der Waals surface area contributed by atoms with Crippen LogP contribution in [0.2, 0.25) is 0 Å². The zero-order chi connectivity index (χ0) is 16.9. The summed E-state index contributed by atoms with van der Waals surface area (Å²) in [5, 5.41) is 3.04. The normalized spacial score (nSPS) is 16.1. The predicted octanol–water partition coefficient (Wildman–Crippen LogP) is 3.83. The number of nitrogens with one attached hydrogen (secondary N) is 1. The van der Waals surface area contributed by atoms with E-state index in [0.717, 1.165) is 34.9 Å². The number of para-hydroxylation sites is 2. The Morgan fingerprint density at radius 3 is 2.75 bits per heavy atom. The van der Waals surface area contributed by atoms with Gasteiger partial charge in [0.15, 0.2) is 0 Å². The molecule has 0 aromatic heterocycles. The summed E-state index contributed by atoms with van der Waals surface area (Å²) in [5.74, 6) is 0.896. The summed E-state index contributed by atoms with van der Waals surface area (Å²) >= 11 is 1.70. The second kappa shape index (κ2) is 7.73. The molecule has 1 unspecified atom stereocenters. The quantitative estimate of drug-likeness (QED) is 0.810. The lowest BCUT2D eigenvalue weighted by molar-refractivity contribution is -0.116. The number of thioether (sulfide) groups is 1. The fourth-order valence-corrected chi connectivity index (χ4v) is 4.21. The maximum atomic E-state index is 12.3. The van der Waals surface area contributed by atoms with E-state index in [1.165, 1.54) is 0 Å². The van der Waals surface area contributed by atoms with Crippen molar-refractivity contribution in [1.82, 2.24) is 5.32 Å². The Morgan fingerprint density at radius 2 is 1.96 bits per heavy atom. The second-order valence-corrected chi connectivity index (χ2v) is 6.79. The van der Waals surface area contributed by atoms with Crippen molar-refractivity contribution in [3.8, 4) is 5.75 Å². The maximum Gasteiger partial charge on any atom is 0.225 e. The minimum atomic E-state index is -0.0830. The Morgan fingerprint density at radius 1 is 1.21 bits per heavy atom. The number of carbonyl (C=O) groups excluding carboxylic acids is 1. The van der Waals surface area contributed by atoms with Crippen molar-refractivity contribution in [1.29, 1.82) is 0 Å². The van der Waals surface area contributed by atoms with E-state index in [4.69, 9.17) is 4.74 Å². The third-order valence-corrected chi connectivity index (χ3v) is 5.24. The lowest BCUT2D eigenvalue weighted by atomic mass is 10.1. The molecule has 1 amide bonds. The van der Waals surface area contributed by atoms with Crippen molar-refractivity contribution in [2.45, 2.75) is 23.6 Å². The molecule has 0 fully saturated rings. The van der Waals surface area contributed by atoms with Crippen LogP contribution < -0.4 is 15.0 Å². The molecule has 0 bridgehead atoms. The van der Waals surface area contributed by atoms with Crippen LogP contribution >= 0.6 is 11.8 Å². The molecule has 24 heavy (non-hydrogen) atoms. The van der Waals surface area contributed by atoms with E-state index >= 15 is 0 Å². The molecular weight excluding hydrogens is 320 g/mol. The fourth-order valence-electron chi connectivity index (χ4n) is 2.84. The third kappa shape index (κ3) is 3.42. The Kier molecular flexibility index (Phi) is 5.43. The van der Waals surface area contributed by atoms with Crippen LogP contribution in [0.3, 0.4) is 0 Å². The number of ether oxygens (including phenoxy) is 1. The fraction of sp³-hybridized carbons (Fsp3) is 0.316. The summed E-state index contributed by atoms with van der Waals surface area (Å²) in [6.45, 7) is 3.19. The molecule has 0 saturated heterocycles. The maximum absolute atomic E-state index is 12.3. The van der Waals surface area contributed by atoms with Gasteiger partial charge in [0.2, 0.25) is 5.91 Å². The van der Waals surface area contributed by atoms with Crippen LogP contribution in [0.5, 0.6) is 5.75 Å². The first-order valence-electron chi connectivity index (χ1n) is 8.14. The van der Waals surface area contributed by atoms with E-state index < -0.39 is 0 Å². The number of amides is 1.